The van der Waals surface area contributed by atoms with Crippen LogP contribution in [0.4, 0.5) is 22.0 Å². The van der Waals surface area contributed by atoms with Crippen molar-refractivity contribution in [3.63, 3.8) is 0 Å². The molecule has 1 amide bonds. The van der Waals surface area contributed by atoms with Gasteiger partial charge >= 0.3 is 6.09 Å². The Balaban J connectivity index is 1.94. The number of aromatic nitrogens is 1. The van der Waals surface area contributed by atoms with Crippen LogP contribution in [0.15, 0.2) is 42.6 Å². The second-order valence-corrected chi connectivity index (χ2v) is 5.09. The van der Waals surface area contributed by atoms with Crippen molar-refractivity contribution in [2.75, 3.05) is 17.2 Å². The Labute approximate surface area is 135 Å². The van der Waals surface area contributed by atoms with E-state index < -0.39 is 6.09 Å². The summed E-state index contributed by atoms with van der Waals surface area (Å²) in [5.41, 5.74) is 1.48. The highest BCUT2D eigenvalue weighted by Crippen LogP contribution is 2.20. The third-order valence-electron chi connectivity index (χ3n) is 2.78. The molecule has 0 saturated carbocycles. The highest BCUT2D eigenvalue weighted by Gasteiger charge is 2.03. The first-order valence-electron chi connectivity index (χ1n) is 7.50. The molecule has 0 fully saturated rings. The van der Waals surface area contributed by atoms with Gasteiger partial charge in [0.05, 0.1) is 24.6 Å². The van der Waals surface area contributed by atoms with E-state index in [2.05, 4.69) is 15.6 Å². The quantitative estimate of drug-likeness (QED) is 0.836. The average Bonchev–Trinajstić information content (AvgIpc) is 2.51. The van der Waals surface area contributed by atoms with E-state index in [0.717, 1.165) is 11.4 Å². The molecule has 0 spiro atoms. The Morgan fingerprint density at radius 1 is 1.13 bits per heavy atom. The van der Waals surface area contributed by atoms with Crippen LogP contribution >= 0.6 is 0 Å². The molecule has 0 saturated heterocycles. The largest absolute Gasteiger partial charge is 0.491 e. The maximum absolute atomic E-state index is 11.3. The van der Waals surface area contributed by atoms with Crippen molar-refractivity contribution in [2.24, 2.45) is 0 Å². The van der Waals surface area contributed by atoms with Gasteiger partial charge in [-0.1, -0.05) is 0 Å². The third-order valence-corrected chi connectivity index (χ3v) is 2.78. The van der Waals surface area contributed by atoms with E-state index in [1.807, 2.05) is 38.1 Å². The van der Waals surface area contributed by atoms with E-state index in [9.17, 15) is 4.79 Å². The summed E-state index contributed by atoms with van der Waals surface area (Å²) in [5.74, 6) is 1.50. The number of ether oxygens (including phenoxy) is 2. The maximum atomic E-state index is 11.3. The molecule has 0 unspecified atom stereocenters. The van der Waals surface area contributed by atoms with E-state index in [-0.39, 0.29) is 6.10 Å². The smallest absolute Gasteiger partial charge is 0.411 e. The molecule has 6 nitrogen and oxygen atoms in total. The van der Waals surface area contributed by atoms with E-state index in [4.69, 9.17) is 9.47 Å². The number of pyridine rings is 1. The van der Waals surface area contributed by atoms with Gasteiger partial charge in [-0.15, -0.1) is 0 Å². The number of nitrogens with zero attached hydrogens (tertiary/aromatic N) is 1. The van der Waals surface area contributed by atoms with Gasteiger partial charge < -0.3 is 14.8 Å². The minimum Gasteiger partial charge on any atom is -0.491 e. The molecule has 2 aromatic rings. The van der Waals surface area contributed by atoms with Crippen molar-refractivity contribution in [1.29, 1.82) is 0 Å². The van der Waals surface area contributed by atoms with Gasteiger partial charge in [0.2, 0.25) is 0 Å². The van der Waals surface area contributed by atoms with Gasteiger partial charge in [0.15, 0.2) is 0 Å². The lowest BCUT2D eigenvalue weighted by Gasteiger charge is -2.11. The maximum Gasteiger partial charge on any atom is 0.411 e. The minimum atomic E-state index is -0.490. The third kappa shape index (κ3) is 5.50. The molecule has 0 aliphatic heterocycles. The molecule has 2 rings (SSSR count). The predicted molar refractivity (Wildman–Crippen MR) is 90.4 cm³/mol. The lowest BCUT2D eigenvalue weighted by molar-refractivity contribution is 0.168. The Kier molecular flexibility index (Phi) is 5.80. The van der Waals surface area contributed by atoms with Crippen LogP contribution in [-0.4, -0.2) is 23.8 Å². The lowest BCUT2D eigenvalue weighted by atomic mass is 10.3. The van der Waals surface area contributed by atoms with E-state index in [1.165, 1.54) is 0 Å². The van der Waals surface area contributed by atoms with Crippen LogP contribution in [0.1, 0.15) is 20.8 Å². The van der Waals surface area contributed by atoms with Crippen molar-refractivity contribution in [2.45, 2.75) is 26.9 Å². The van der Waals surface area contributed by atoms with Gasteiger partial charge in [0, 0.05) is 5.69 Å². The summed E-state index contributed by atoms with van der Waals surface area (Å²) in [6.45, 7) is 6.06. The fraction of sp³-hybridized carbons (Fsp3) is 0.294. The van der Waals surface area contributed by atoms with E-state index in [1.54, 1.807) is 25.3 Å². The second-order valence-electron chi connectivity index (χ2n) is 5.09. The molecule has 1 aromatic carbocycles. The molecule has 0 bridgehead atoms. The number of benzene rings is 1. The first-order chi connectivity index (χ1) is 11.1. The number of anilines is 3. The predicted octanol–water partition coefficient (Wildman–Crippen LogP) is 4.18. The SMILES string of the molecule is CCOC(=O)Nc1ccc(Nc2ccc(OC(C)C)cc2)nc1. The van der Waals surface area contributed by atoms with E-state index >= 15 is 0 Å². The van der Waals surface area contributed by atoms with Crippen LogP contribution in [0.25, 0.3) is 0 Å². The van der Waals surface area contributed by atoms with Crippen molar-refractivity contribution in [1.82, 2.24) is 4.98 Å². The molecule has 0 aliphatic rings. The fourth-order valence-corrected chi connectivity index (χ4v) is 1.86. The van der Waals surface area contributed by atoms with Crippen LogP contribution in [0.2, 0.25) is 0 Å². The zero-order chi connectivity index (χ0) is 16.7. The number of rotatable bonds is 6. The highest BCUT2D eigenvalue weighted by molar-refractivity contribution is 5.84. The average molecular weight is 315 g/mol. The standard InChI is InChI=1S/C17H21N3O3/c1-4-22-17(21)20-14-7-10-16(18-11-14)19-13-5-8-15(9-6-13)23-12(2)3/h5-12H,4H2,1-3H3,(H,18,19)(H,20,21). The molecule has 1 aromatic heterocycles. The summed E-state index contributed by atoms with van der Waals surface area (Å²) in [4.78, 5) is 15.6. The Morgan fingerprint density at radius 3 is 2.39 bits per heavy atom. The molecular formula is C17H21N3O3. The molecule has 6 heteroatoms. The Morgan fingerprint density at radius 2 is 1.83 bits per heavy atom. The van der Waals surface area contributed by atoms with Gasteiger partial charge in [-0.3, -0.25) is 5.32 Å². The summed E-state index contributed by atoms with van der Waals surface area (Å²) in [5, 5.41) is 5.77. The zero-order valence-corrected chi connectivity index (χ0v) is 13.5. The zero-order valence-electron chi connectivity index (χ0n) is 13.5. The van der Waals surface area contributed by atoms with Crippen LogP contribution in [0.5, 0.6) is 5.75 Å². The van der Waals surface area contributed by atoms with Crippen LogP contribution in [-0.2, 0) is 4.74 Å². The Bertz CT molecular complexity index is 625. The number of carbonyl (C=O) groups is 1. The summed E-state index contributed by atoms with van der Waals surface area (Å²) >= 11 is 0. The topological polar surface area (TPSA) is 72.5 Å². The van der Waals surface area contributed by atoms with Crippen molar-refractivity contribution >= 4 is 23.3 Å². The molecule has 122 valence electrons. The summed E-state index contributed by atoms with van der Waals surface area (Å²) in [6.07, 6.45) is 1.22. The number of carbonyl (C=O) groups excluding carboxylic acids is 1. The number of hydrogen-bond acceptors (Lipinski definition) is 5. The number of hydrogen-bond donors (Lipinski definition) is 2. The molecule has 1 heterocycles. The summed E-state index contributed by atoms with van der Waals surface area (Å²) in [6, 6.07) is 11.2. The van der Waals surface area contributed by atoms with Gasteiger partial charge in [0.25, 0.3) is 0 Å². The van der Waals surface area contributed by atoms with Gasteiger partial charge in [-0.2, -0.15) is 0 Å². The second kappa shape index (κ2) is 8.03. The summed E-state index contributed by atoms with van der Waals surface area (Å²) < 4.78 is 10.4. The first kappa shape index (κ1) is 16.6. The first-order valence-corrected chi connectivity index (χ1v) is 7.50. The van der Waals surface area contributed by atoms with Gasteiger partial charge in [-0.25, -0.2) is 9.78 Å². The van der Waals surface area contributed by atoms with Crippen molar-refractivity contribution in [3.05, 3.63) is 42.6 Å². The van der Waals surface area contributed by atoms with Gasteiger partial charge in [-0.05, 0) is 57.2 Å². The number of nitrogens with one attached hydrogen (secondary N) is 2. The lowest BCUT2D eigenvalue weighted by Crippen LogP contribution is -2.13. The molecular weight excluding hydrogens is 294 g/mol. The molecule has 23 heavy (non-hydrogen) atoms. The van der Waals surface area contributed by atoms with Gasteiger partial charge in [0.1, 0.15) is 11.6 Å². The van der Waals surface area contributed by atoms with Crippen molar-refractivity contribution in [3.8, 4) is 5.75 Å². The van der Waals surface area contributed by atoms with Crippen LogP contribution in [0, 0.1) is 0 Å². The van der Waals surface area contributed by atoms with Crippen LogP contribution in [0.3, 0.4) is 0 Å². The molecule has 0 radical (unpaired) electrons. The Hall–Kier alpha value is -2.76. The minimum absolute atomic E-state index is 0.148. The monoisotopic (exact) mass is 315 g/mol. The normalized spacial score (nSPS) is 10.3. The highest BCUT2D eigenvalue weighted by atomic mass is 16.5. The summed E-state index contributed by atoms with van der Waals surface area (Å²) in [7, 11) is 0. The number of amides is 1. The molecule has 0 atom stereocenters. The van der Waals surface area contributed by atoms with Crippen LogP contribution < -0.4 is 15.4 Å². The molecule has 0 aliphatic carbocycles. The molecule has 2 N–H and O–H groups in total. The van der Waals surface area contributed by atoms with E-state index in [0.29, 0.717) is 18.1 Å². The van der Waals surface area contributed by atoms with Crippen molar-refractivity contribution < 1.29 is 14.3 Å². The fourth-order valence-electron chi connectivity index (χ4n) is 1.86.